The van der Waals surface area contributed by atoms with Crippen LogP contribution in [0.25, 0.3) is 11.3 Å². The van der Waals surface area contributed by atoms with E-state index in [4.69, 9.17) is 16.3 Å². The Hall–Kier alpha value is -3.68. The Labute approximate surface area is 206 Å². The number of nitrogens with zero attached hydrogens (tertiary/aromatic N) is 1. The van der Waals surface area contributed by atoms with Crippen molar-refractivity contribution in [3.63, 3.8) is 0 Å². The van der Waals surface area contributed by atoms with Crippen molar-refractivity contribution < 1.29 is 14.3 Å². The number of aromatic nitrogens is 1. The van der Waals surface area contributed by atoms with Gasteiger partial charge in [0.2, 0.25) is 5.91 Å². The van der Waals surface area contributed by atoms with Gasteiger partial charge < -0.3 is 15.4 Å². The summed E-state index contributed by atoms with van der Waals surface area (Å²) in [6, 6.07) is 23.2. The average molecular weight is 492 g/mol. The summed E-state index contributed by atoms with van der Waals surface area (Å²) in [7, 11) is 1.61. The zero-order valence-electron chi connectivity index (χ0n) is 18.3. The molecular weight excluding hydrogens is 470 g/mol. The maximum absolute atomic E-state index is 12.9. The summed E-state index contributed by atoms with van der Waals surface area (Å²) in [6.07, 6.45) is 0.0315. The first kappa shape index (κ1) is 23.5. The van der Waals surface area contributed by atoms with Gasteiger partial charge in [0, 0.05) is 10.9 Å². The van der Waals surface area contributed by atoms with Crippen molar-refractivity contribution in [2.45, 2.75) is 12.5 Å². The lowest BCUT2D eigenvalue weighted by atomic mass is 10.0. The van der Waals surface area contributed by atoms with Gasteiger partial charge in [-0.3, -0.25) is 9.59 Å². The molecule has 0 saturated heterocycles. The van der Waals surface area contributed by atoms with Gasteiger partial charge in [-0.25, -0.2) is 4.98 Å². The minimum Gasteiger partial charge on any atom is -0.496 e. The summed E-state index contributed by atoms with van der Waals surface area (Å²) in [5, 5.41) is 8.46. The molecule has 0 aliphatic carbocycles. The zero-order valence-corrected chi connectivity index (χ0v) is 19.9. The van der Waals surface area contributed by atoms with E-state index >= 15 is 0 Å². The molecule has 0 saturated carbocycles. The van der Waals surface area contributed by atoms with Crippen LogP contribution in [-0.4, -0.2) is 23.9 Å². The van der Waals surface area contributed by atoms with Crippen molar-refractivity contribution in [1.29, 1.82) is 0 Å². The van der Waals surface area contributed by atoms with E-state index in [0.717, 1.165) is 11.1 Å². The van der Waals surface area contributed by atoms with Crippen LogP contribution in [-0.2, 0) is 4.79 Å². The molecule has 0 aliphatic rings. The van der Waals surface area contributed by atoms with Crippen LogP contribution >= 0.6 is 22.9 Å². The molecule has 2 amide bonds. The van der Waals surface area contributed by atoms with Crippen molar-refractivity contribution in [3.8, 4) is 17.0 Å². The second-order valence-electron chi connectivity index (χ2n) is 7.41. The van der Waals surface area contributed by atoms with Crippen LogP contribution in [0.1, 0.15) is 28.4 Å². The number of carbonyl (C=O) groups is 2. The minimum atomic E-state index is -0.543. The summed E-state index contributed by atoms with van der Waals surface area (Å²) in [4.78, 5) is 30.3. The fourth-order valence-corrected chi connectivity index (χ4v) is 4.43. The predicted molar refractivity (Wildman–Crippen MR) is 135 cm³/mol. The summed E-state index contributed by atoms with van der Waals surface area (Å²) >= 11 is 7.50. The van der Waals surface area contributed by atoms with Crippen LogP contribution in [0.15, 0.2) is 84.2 Å². The molecule has 4 rings (SSSR count). The van der Waals surface area contributed by atoms with Gasteiger partial charge in [-0.15, -0.1) is 11.3 Å². The molecule has 172 valence electrons. The molecule has 6 nitrogen and oxygen atoms in total. The van der Waals surface area contributed by atoms with Gasteiger partial charge in [0.05, 0.1) is 35.9 Å². The van der Waals surface area contributed by atoms with E-state index in [2.05, 4.69) is 15.6 Å². The Morgan fingerprint density at radius 2 is 1.71 bits per heavy atom. The molecule has 1 aromatic heterocycles. The minimum absolute atomic E-state index is 0.0315. The third-order valence-corrected chi connectivity index (χ3v) is 6.24. The highest BCUT2D eigenvalue weighted by Crippen LogP contribution is 2.32. The van der Waals surface area contributed by atoms with Crippen LogP contribution in [0.5, 0.6) is 5.75 Å². The van der Waals surface area contributed by atoms with E-state index in [1.165, 1.54) is 11.3 Å². The number of methoxy groups -OCH3 is 1. The van der Waals surface area contributed by atoms with E-state index in [1.807, 2.05) is 60.0 Å². The first-order chi connectivity index (χ1) is 16.5. The second-order valence-corrected chi connectivity index (χ2v) is 8.67. The van der Waals surface area contributed by atoms with Crippen molar-refractivity contribution in [2.75, 3.05) is 12.4 Å². The summed E-state index contributed by atoms with van der Waals surface area (Å²) < 4.78 is 5.40. The number of carbonyl (C=O) groups excluding carboxylic acids is 2. The van der Waals surface area contributed by atoms with Crippen LogP contribution in [0.4, 0.5) is 5.13 Å². The highest BCUT2D eigenvalue weighted by atomic mass is 35.5. The maximum atomic E-state index is 12.9. The molecule has 1 atom stereocenters. The van der Waals surface area contributed by atoms with Crippen molar-refractivity contribution in [1.82, 2.24) is 10.3 Å². The molecule has 8 heteroatoms. The van der Waals surface area contributed by atoms with Gasteiger partial charge in [0.25, 0.3) is 5.91 Å². The number of ether oxygens (including phenoxy) is 1. The molecule has 4 aromatic rings. The number of rotatable bonds is 8. The van der Waals surface area contributed by atoms with Crippen LogP contribution in [0.2, 0.25) is 5.02 Å². The molecule has 34 heavy (non-hydrogen) atoms. The van der Waals surface area contributed by atoms with E-state index in [9.17, 15) is 9.59 Å². The Balaban J connectivity index is 1.49. The van der Waals surface area contributed by atoms with Gasteiger partial charge in [-0.05, 0) is 29.8 Å². The lowest BCUT2D eigenvalue weighted by molar-refractivity contribution is -0.116. The van der Waals surface area contributed by atoms with E-state index in [1.54, 1.807) is 31.4 Å². The monoisotopic (exact) mass is 491 g/mol. The number of anilines is 1. The summed E-state index contributed by atoms with van der Waals surface area (Å²) in [5.74, 6) is 0.0892. The quantitative estimate of drug-likeness (QED) is 0.318. The van der Waals surface area contributed by atoms with E-state index in [0.29, 0.717) is 27.2 Å². The van der Waals surface area contributed by atoms with Gasteiger partial charge in [0.15, 0.2) is 5.13 Å². The normalized spacial score (nSPS) is 11.5. The number of hydrogen-bond donors (Lipinski definition) is 2. The Kier molecular flexibility index (Phi) is 7.57. The first-order valence-electron chi connectivity index (χ1n) is 10.5. The molecule has 0 spiro atoms. The Morgan fingerprint density at radius 3 is 2.47 bits per heavy atom. The Morgan fingerprint density at radius 1 is 1.00 bits per heavy atom. The molecule has 1 heterocycles. The number of halogens is 1. The van der Waals surface area contributed by atoms with Crippen molar-refractivity contribution in [2.24, 2.45) is 0 Å². The van der Waals surface area contributed by atoms with E-state index < -0.39 is 6.04 Å². The highest BCUT2D eigenvalue weighted by molar-refractivity contribution is 7.14. The molecule has 0 radical (unpaired) electrons. The number of benzene rings is 3. The molecule has 0 bridgehead atoms. The summed E-state index contributed by atoms with van der Waals surface area (Å²) in [5.41, 5.74) is 2.72. The smallest absolute Gasteiger partial charge is 0.253 e. The Bertz CT molecular complexity index is 1290. The standard InChI is InChI=1S/C26H22ClN3O3S/c1-33-23-14-8-6-12-19(23)22-16-34-26(29-22)30-24(31)15-21(17-9-3-2-4-10-17)28-25(32)18-11-5-7-13-20(18)27/h2-14,16,21H,15H2,1H3,(H,28,32)(H,29,30,31). The number of amides is 2. The average Bonchev–Trinajstić information content (AvgIpc) is 3.32. The fourth-order valence-electron chi connectivity index (χ4n) is 3.49. The second kappa shape index (κ2) is 11.0. The van der Waals surface area contributed by atoms with Gasteiger partial charge in [-0.2, -0.15) is 0 Å². The first-order valence-corrected chi connectivity index (χ1v) is 11.8. The fraction of sp³-hybridized carbons (Fsp3) is 0.115. The number of hydrogen-bond acceptors (Lipinski definition) is 5. The third-order valence-electron chi connectivity index (χ3n) is 5.15. The van der Waals surface area contributed by atoms with E-state index in [-0.39, 0.29) is 18.2 Å². The van der Waals surface area contributed by atoms with Crippen molar-refractivity contribution >= 4 is 39.9 Å². The topological polar surface area (TPSA) is 80.3 Å². The van der Waals surface area contributed by atoms with Gasteiger partial charge in [-0.1, -0.05) is 66.2 Å². The molecule has 3 aromatic carbocycles. The SMILES string of the molecule is COc1ccccc1-c1csc(NC(=O)CC(NC(=O)c2ccccc2Cl)c2ccccc2)n1. The number of para-hydroxylation sites is 1. The molecular formula is C26H22ClN3O3S. The van der Waals surface area contributed by atoms with Gasteiger partial charge >= 0.3 is 0 Å². The predicted octanol–water partition coefficient (Wildman–Crippen LogP) is 5.97. The largest absolute Gasteiger partial charge is 0.496 e. The lowest BCUT2D eigenvalue weighted by Crippen LogP contribution is -2.31. The van der Waals surface area contributed by atoms with Crippen LogP contribution in [0.3, 0.4) is 0 Å². The third kappa shape index (κ3) is 5.62. The number of nitrogens with one attached hydrogen (secondary N) is 2. The lowest BCUT2D eigenvalue weighted by Gasteiger charge is -2.19. The van der Waals surface area contributed by atoms with Crippen molar-refractivity contribution in [3.05, 3.63) is 100 Å². The zero-order chi connectivity index (χ0) is 23.9. The maximum Gasteiger partial charge on any atom is 0.253 e. The molecule has 0 aliphatic heterocycles. The molecule has 1 unspecified atom stereocenters. The summed E-state index contributed by atoms with van der Waals surface area (Å²) in [6.45, 7) is 0. The number of thiazole rings is 1. The highest BCUT2D eigenvalue weighted by Gasteiger charge is 2.21. The van der Waals surface area contributed by atoms with Crippen LogP contribution in [0, 0.1) is 0 Å². The molecule has 2 N–H and O–H groups in total. The molecule has 0 fully saturated rings. The van der Waals surface area contributed by atoms with Gasteiger partial charge in [0.1, 0.15) is 5.75 Å². The van der Waals surface area contributed by atoms with Crippen LogP contribution < -0.4 is 15.4 Å².